The van der Waals surface area contributed by atoms with Crippen LogP contribution in [0.3, 0.4) is 0 Å². The Kier molecular flexibility index (Phi) is 75.8. The molecule has 520 valence electrons. The van der Waals surface area contributed by atoms with E-state index in [0.29, 0.717) is 25.9 Å². The lowest BCUT2D eigenvalue weighted by atomic mass is 10.0. The van der Waals surface area contributed by atoms with Crippen LogP contribution in [0.15, 0.2) is 36.5 Å². The average molecular weight is 1240 g/mol. The first-order valence-electron chi connectivity index (χ1n) is 40.2. The lowest BCUT2D eigenvalue weighted by Gasteiger charge is -2.22. The summed E-state index contributed by atoms with van der Waals surface area (Å²) in [6, 6.07) is -0.544. The molecule has 0 radical (unpaired) electrons. The largest absolute Gasteiger partial charge is 0.466 e. The molecule has 0 aromatic heterocycles. The number of ether oxygens (including phenoxy) is 1. The lowest BCUT2D eigenvalue weighted by molar-refractivity contribution is -0.143. The minimum Gasteiger partial charge on any atom is -0.466 e. The van der Waals surface area contributed by atoms with E-state index in [9.17, 15) is 19.8 Å². The van der Waals surface area contributed by atoms with Crippen molar-refractivity contribution in [3.05, 3.63) is 36.5 Å². The van der Waals surface area contributed by atoms with Gasteiger partial charge in [0.2, 0.25) is 5.91 Å². The third kappa shape index (κ3) is 73.1. The second-order valence-electron chi connectivity index (χ2n) is 27.7. The number of carbonyl (C=O) groups is 2. The first kappa shape index (κ1) is 86.1. The number of hydrogen-bond acceptors (Lipinski definition) is 5. The zero-order chi connectivity index (χ0) is 63.5. The Morgan fingerprint density at radius 1 is 0.318 bits per heavy atom. The highest BCUT2D eigenvalue weighted by Gasteiger charge is 2.20. The van der Waals surface area contributed by atoms with Crippen LogP contribution in [0, 0.1) is 0 Å². The molecule has 6 nitrogen and oxygen atoms in total. The van der Waals surface area contributed by atoms with Crippen LogP contribution in [0.25, 0.3) is 0 Å². The highest BCUT2D eigenvalue weighted by Crippen LogP contribution is 2.20. The Bertz CT molecular complexity index is 1430. The maximum atomic E-state index is 12.6. The summed E-state index contributed by atoms with van der Waals surface area (Å²) in [5.41, 5.74) is 0. The minimum atomic E-state index is -0.667. The summed E-state index contributed by atoms with van der Waals surface area (Å²) >= 11 is 0. The van der Waals surface area contributed by atoms with Gasteiger partial charge in [0.1, 0.15) is 0 Å². The van der Waals surface area contributed by atoms with Gasteiger partial charge >= 0.3 is 5.97 Å². The van der Waals surface area contributed by atoms with E-state index >= 15 is 0 Å². The molecule has 3 N–H and O–H groups in total. The van der Waals surface area contributed by atoms with E-state index in [4.69, 9.17) is 4.74 Å². The van der Waals surface area contributed by atoms with Gasteiger partial charge in [-0.15, -0.1) is 0 Å². The van der Waals surface area contributed by atoms with Crippen molar-refractivity contribution in [3.8, 4) is 0 Å². The Labute approximate surface area is 551 Å². The zero-order valence-corrected chi connectivity index (χ0v) is 59.7. The van der Waals surface area contributed by atoms with E-state index in [-0.39, 0.29) is 18.5 Å². The molecule has 0 rings (SSSR count). The van der Waals surface area contributed by atoms with Gasteiger partial charge in [0.05, 0.1) is 25.4 Å². The van der Waals surface area contributed by atoms with E-state index in [2.05, 4.69) is 55.6 Å². The normalized spacial score (nSPS) is 12.6. The lowest BCUT2D eigenvalue weighted by Crippen LogP contribution is -2.45. The summed E-state index contributed by atoms with van der Waals surface area (Å²) in [5, 5.41) is 23.5. The molecule has 0 saturated carbocycles. The topological polar surface area (TPSA) is 95.9 Å². The van der Waals surface area contributed by atoms with Gasteiger partial charge in [-0.05, 0) is 83.5 Å². The summed E-state index contributed by atoms with van der Waals surface area (Å²) in [4.78, 5) is 24.7. The van der Waals surface area contributed by atoms with Crippen molar-refractivity contribution >= 4 is 11.9 Å². The van der Waals surface area contributed by atoms with Crippen molar-refractivity contribution in [3.63, 3.8) is 0 Å². The molecule has 88 heavy (non-hydrogen) atoms. The van der Waals surface area contributed by atoms with E-state index < -0.39 is 12.1 Å². The molecule has 0 bridgehead atoms. The molecule has 0 saturated heterocycles. The average Bonchev–Trinajstić information content (AvgIpc) is 3.58. The van der Waals surface area contributed by atoms with Gasteiger partial charge in [-0.25, -0.2) is 0 Å². The number of aliphatic hydroxyl groups is 2. The molecule has 0 fully saturated rings. The summed E-state index contributed by atoms with van der Waals surface area (Å²) < 4.78 is 5.51. The second kappa shape index (κ2) is 77.5. The quantitative estimate of drug-likeness (QED) is 0.0320. The summed E-state index contributed by atoms with van der Waals surface area (Å²) in [6.45, 7) is 4.99. The zero-order valence-electron chi connectivity index (χ0n) is 59.7. The monoisotopic (exact) mass is 1240 g/mol. The number of esters is 1. The van der Waals surface area contributed by atoms with Crippen molar-refractivity contribution < 1.29 is 24.5 Å². The van der Waals surface area contributed by atoms with Gasteiger partial charge in [-0.2, -0.15) is 0 Å². The fourth-order valence-corrected chi connectivity index (χ4v) is 12.8. The number of aliphatic hydroxyl groups excluding tert-OH is 2. The van der Waals surface area contributed by atoms with Gasteiger partial charge in [0, 0.05) is 12.8 Å². The maximum absolute atomic E-state index is 12.6. The highest BCUT2D eigenvalue weighted by atomic mass is 16.5. The van der Waals surface area contributed by atoms with Crippen LogP contribution in [-0.2, 0) is 14.3 Å². The molecule has 0 aliphatic carbocycles. The molecule has 0 aliphatic heterocycles. The number of nitrogens with one attached hydrogen (secondary N) is 1. The number of amides is 1. The van der Waals surface area contributed by atoms with Crippen molar-refractivity contribution in [1.29, 1.82) is 0 Å². The molecule has 0 aliphatic rings. The SMILES string of the molecule is CCCCCCCC/C=C\CCCCCCCCCCCC(=O)OCCCCCCCCCCC/C=C\C/C=C\CCCCCCCCCCCCCCCC(=O)NC(CO)C(O)CCCCCCCCCCCCCCCCCCCCCCCCC. The summed E-state index contributed by atoms with van der Waals surface area (Å²) in [7, 11) is 0. The van der Waals surface area contributed by atoms with Crippen LogP contribution in [-0.4, -0.2) is 47.4 Å². The molecule has 0 aromatic rings. The minimum absolute atomic E-state index is 0.0126. The first-order chi connectivity index (χ1) is 43.5. The van der Waals surface area contributed by atoms with E-state index in [1.54, 1.807) is 0 Å². The molecule has 2 atom stereocenters. The molecular formula is C82H157NO5. The number of allylic oxidation sites excluding steroid dienone is 6. The third-order valence-corrected chi connectivity index (χ3v) is 18.9. The fourth-order valence-electron chi connectivity index (χ4n) is 12.8. The van der Waals surface area contributed by atoms with Crippen molar-refractivity contribution in [2.24, 2.45) is 0 Å². The van der Waals surface area contributed by atoms with E-state index in [1.165, 1.54) is 366 Å². The van der Waals surface area contributed by atoms with E-state index in [0.717, 1.165) is 51.4 Å². The Balaban J connectivity index is 3.39. The smallest absolute Gasteiger partial charge is 0.305 e. The van der Waals surface area contributed by atoms with Crippen LogP contribution in [0.4, 0.5) is 0 Å². The number of unbranched alkanes of at least 4 members (excludes halogenated alkanes) is 59. The van der Waals surface area contributed by atoms with Gasteiger partial charge < -0.3 is 20.3 Å². The molecular weight excluding hydrogens is 1080 g/mol. The predicted molar refractivity (Wildman–Crippen MR) is 389 cm³/mol. The molecule has 0 aromatic carbocycles. The maximum Gasteiger partial charge on any atom is 0.305 e. The van der Waals surface area contributed by atoms with Crippen LogP contribution in [0.5, 0.6) is 0 Å². The molecule has 1 amide bonds. The molecule has 0 spiro atoms. The van der Waals surface area contributed by atoms with Gasteiger partial charge in [0.15, 0.2) is 0 Å². The van der Waals surface area contributed by atoms with Crippen LogP contribution < -0.4 is 5.32 Å². The van der Waals surface area contributed by atoms with Crippen LogP contribution in [0.2, 0.25) is 0 Å². The van der Waals surface area contributed by atoms with E-state index in [1.807, 2.05) is 0 Å². The van der Waals surface area contributed by atoms with Gasteiger partial charge in [-0.3, -0.25) is 9.59 Å². The fraction of sp³-hybridized carbons (Fsp3) is 0.902. The Hall–Kier alpha value is -1.92. The van der Waals surface area contributed by atoms with Crippen molar-refractivity contribution in [1.82, 2.24) is 5.32 Å². The number of hydrogen-bond donors (Lipinski definition) is 3. The molecule has 2 unspecified atom stereocenters. The molecule has 0 heterocycles. The number of rotatable bonds is 76. The van der Waals surface area contributed by atoms with Crippen LogP contribution in [0.1, 0.15) is 450 Å². The second-order valence-corrected chi connectivity index (χ2v) is 27.7. The van der Waals surface area contributed by atoms with Gasteiger partial charge in [-0.1, -0.05) is 391 Å². The standard InChI is InChI=1S/C82H157NO5/c1-3-5-7-9-11-13-15-17-19-21-23-24-32-35-39-42-46-50-54-58-62-66-70-74-80(85)79(78-84)83-81(86)75-71-67-63-59-55-51-47-43-40-36-33-30-28-26-25-27-29-31-34-37-41-45-49-53-57-61-65-69-73-77-88-82(87)76-72-68-64-60-56-52-48-44-38-22-20-18-16-14-12-10-8-6-4-2/h18,20,25,27,31,34,79-80,84-85H,3-17,19,21-24,26,28-30,32-33,35-78H2,1-2H3,(H,83,86)/b20-18-,27-25-,34-31-. The molecule has 6 heteroatoms. The van der Waals surface area contributed by atoms with Gasteiger partial charge in [0.25, 0.3) is 0 Å². The van der Waals surface area contributed by atoms with Crippen molar-refractivity contribution in [2.45, 2.75) is 463 Å². The predicted octanol–water partition coefficient (Wildman–Crippen LogP) is 26.6. The van der Waals surface area contributed by atoms with Crippen LogP contribution >= 0.6 is 0 Å². The first-order valence-corrected chi connectivity index (χ1v) is 40.2. The highest BCUT2D eigenvalue weighted by molar-refractivity contribution is 5.76. The Morgan fingerprint density at radius 3 is 0.875 bits per heavy atom. The summed E-state index contributed by atoms with van der Waals surface area (Å²) in [6.07, 6.45) is 101. The summed E-state index contributed by atoms with van der Waals surface area (Å²) in [5.74, 6) is -0.0183. The Morgan fingerprint density at radius 2 is 0.568 bits per heavy atom. The third-order valence-electron chi connectivity index (χ3n) is 18.9. The van der Waals surface area contributed by atoms with Crippen molar-refractivity contribution in [2.75, 3.05) is 13.2 Å². The number of carbonyl (C=O) groups excluding carboxylic acids is 2.